The molecule has 0 aliphatic carbocycles. The average molecular weight is 201 g/mol. The zero-order valence-electron chi connectivity index (χ0n) is 7.19. The molecule has 0 fully saturated rings. The van der Waals surface area contributed by atoms with E-state index >= 15 is 0 Å². The molecular formula is C8H11NO3S. The zero-order valence-corrected chi connectivity index (χ0v) is 8.00. The number of aromatic hydroxyl groups is 1. The fourth-order valence-corrected chi connectivity index (χ4v) is 1.45. The van der Waals surface area contributed by atoms with E-state index in [1.54, 1.807) is 19.1 Å². The summed E-state index contributed by atoms with van der Waals surface area (Å²) in [5.41, 5.74) is 0.377. The maximum absolute atomic E-state index is 11.1. The molecule has 0 spiro atoms. The average Bonchev–Trinajstić information content (AvgIpc) is 2.03. The van der Waals surface area contributed by atoms with Crippen molar-refractivity contribution in [1.82, 2.24) is 0 Å². The Bertz CT molecular complexity index is 386. The Kier molecular flexibility index (Phi) is 2.77. The van der Waals surface area contributed by atoms with Gasteiger partial charge < -0.3 is 5.11 Å². The van der Waals surface area contributed by atoms with Gasteiger partial charge >= 0.3 is 0 Å². The Morgan fingerprint density at radius 3 is 2.69 bits per heavy atom. The fraction of sp³-hybridized carbons (Fsp3) is 0.250. The normalized spacial score (nSPS) is 11.2. The van der Waals surface area contributed by atoms with Crippen LogP contribution in [0.1, 0.15) is 6.92 Å². The number of hydrogen-bond donors (Lipinski definition) is 2. The smallest absolute Gasteiger partial charge is 0.232 e. The second kappa shape index (κ2) is 3.66. The van der Waals surface area contributed by atoms with Gasteiger partial charge in [0.15, 0.2) is 0 Å². The van der Waals surface area contributed by atoms with E-state index < -0.39 is 10.0 Å². The van der Waals surface area contributed by atoms with Crippen molar-refractivity contribution < 1.29 is 13.5 Å². The summed E-state index contributed by atoms with van der Waals surface area (Å²) in [6.45, 7) is 1.55. The molecule has 0 aromatic heterocycles. The second-order valence-corrected chi connectivity index (χ2v) is 4.57. The molecule has 0 aliphatic heterocycles. The van der Waals surface area contributed by atoms with Crippen molar-refractivity contribution in [3.63, 3.8) is 0 Å². The molecule has 2 N–H and O–H groups in total. The van der Waals surface area contributed by atoms with Gasteiger partial charge in [-0.2, -0.15) is 0 Å². The topological polar surface area (TPSA) is 66.4 Å². The van der Waals surface area contributed by atoms with Gasteiger partial charge in [0, 0.05) is 6.07 Å². The van der Waals surface area contributed by atoms with E-state index in [1.807, 2.05) is 0 Å². The highest BCUT2D eigenvalue weighted by Gasteiger charge is 2.05. The van der Waals surface area contributed by atoms with Gasteiger partial charge in [-0.25, -0.2) is 8.42 Å². The molecule has 1 aromatic carbocycles. The van der Waals surface area contributed by atoms with E-state index in [4.69, 9.17) is 5.11 Å². The first-order chi connectivity index (χ1) is 6.03. The first-order valence-corrected chi connectivity index (χ1v) is 5.48. The predicted octanol–water partition coefficient (Wildman–Crippen LogP) is 1.15. The summed E-state index contributed by atoms with van der Waals surface area (Å²) in [4.78, 5) is 0. The molecule has 72 valence electrons. The monoisotopic (exact) mass is 201 g/mol. The van der Waals surface area contributed by atoms with Gasteiger partial charge in [-0.15, -0.1) is 0 Å². The number of hydrogen-bond acceptors (Lipinski definition) is 3. The fourth-order valence-electron chi connectivity index (χ4n) is 0.821. The number of sulfonamides is 1. The molecule has 0 aliphatic rings. The van der Waals surface area contributed by atoms with Crippen LogP contribution in [0.2, 0.25) is 0 Å². The van der Waals surface area contributed by atoms with E-state index in [-0.39, 0.29) is 11.5 Å². The summed E-state index contributed by atoms with van der Waals surface area (Å²) < 4.78 is 24.5. The molecule has 0 bridgehead atoms. The van der Waals surface area contributed by atoms with Crippen LogP contribution in [-0.4, -0.2) is 19.3 Å². The van der Waals surface area contributed by atoms with Gasteiger partial charge in [0.05, 0.1) is 11.4 Å². The zero-order chi connectivity index (χ0) is 9.90. The summed E-state index contributed by atoms with van der Waals surface area (Å²) >= 11 is 0. The van der Waals surface area contributed by atoms with Gasteiger partial charge in [-0.3, -0.25) is 4.72 Å². The minimum absolute atomic E-state index is 0.0165. The third kappa shape index (κ3) is 2.95. The van der Waals surface area contributed by atoms with Crippen molar-refractivity contribution in [2.45, 2.75) is 6.92 Å². The Morgan fingerprint density at radius 2 is 2.15 bits per heavy atom. The van der Waals surface area contributed by atoms with E-state index in [0.717, 1.165) is 0 Å². The Balaban J connectivity index is 2.87. The van der Waals surface area contributed by atoms with Crippen molar-refractivity contribution in [2.75, 3.05) is 10.5 Å². The van der Waals surface area contributed by atoms with Crippen LogP contribution in [0.3, 0.4) is 0 Å². The van der Waals surface area contributed by atoms with Gasteiger partial charge in [-0.05, 0) is 19.1 Å². The highest BCUT2D eigenvalue weighted by atomic mass is 32.2. The maximum atomic E-state index is 11.1. The molecule has 0 unspecified atom stereocenters. The number of rotatable bonds is 3. The lowest BCUT2D eigenvalue weighted by Gasteiger charge is -2.05. The quantitative estimate of drug-likeness (QED) is 0.771. The van der Waals surface area contributed by atoms with Crippen LogP contribution in [0.5, 0.6) is 5.75 Å². The predicted molar refractivity (Wildman–Crippen MR) is 51.2 cm³/mol. The number of anilines is 1. The SMILES string of the molecule is CCS(=O)(=O)Nc1cccc(O)c1. The number of phenolic OH excluding ortho intramolecular Hbond substituents is 1. The number of benzene rings is 1. The minimum atomic E-state index is -3.25. The molecule has 0 amide bonds. The summed E-state index contributed by atoms with van der Waals surface area (Å²) in [5.74, 6) is 0.0548. The van der Waals surface area contributed by atoms with Crippen LogP contribution in [0, 0.1) is 0 Å². The lowest BCUT2D eigenvalue weighted by Crippen LogP contribution is -2.14. The van der Waals surface area contributed by atoms with E-state index in [1.165, 1.54) is 12.1 Å². The van der Waals surface area contributed by atoms with Crippen LogP contribution < -0.4 is 4.72 Å². The van der Waals surface area contributed by atoms with Crippen LogP contribution in [0.4, 0.5) is 5.69 Å². The number of nitrogens with one attached hydrogen (secondary N) is 1. The summed E-state index contributed by atoms with van der Waals surface area (Å²) in [6, 6.07) is 5.98. The summed E-state index contributed by atoms with van der Waals surface area (Å²) in [5, 5.41) is 9.05. The maximum Gasteiger partial charge on any atom is 0.232 e. The van der Waals surface area contributed by atoms with Crippen LogP contribution in [-0.2, 0) is 10.0 Å². The van der Waals surface area contributed by atoms with Crippen molar-refractivity contribution >= 4 is 15.7 Å². The Hall–Kier alpha value is -1.23. The van der Waals surface area contributed by atoms with E-state index in [0.29, 0.717) is 5.69 Å². The van der Waals surface area contributed by atoms with Gasteiger partial charge in [0.2, 0.25) is 10.0 Å². The summed E-state index contributed by atoms with van der Waals surface area (Å²) in [6.07, 6.45) is 0. The molecule has 0 heterocycles. The lowest BCUT2D eigenvalue weighted by atomic mass is 10.3. The van der Waals surface area contributed by atoms with Crippen LogP contribution in [0.15, 0.2) is 24.3 Å². The van der Waals surface area contributed by atoms with E-state index in [2.05, 4.69) is 4.72 Å². The molecule has 1 rings (SSSR count). The van der Waals surface area contributed by atoms with Crippen LogP contribution >= 0.6 is 0 Å². The van der Waals surface area contributed by atoms with Crippen molar-refractivity contribution in [3.8, 4) is 5.75 Å². The Morgan fingerprint density at radius 1 is 1.46 bits per heavy atom. The molecule has 13 heavy (non-hydrogen) atoms. The molecule has 0 saturated heterocycles. The first-order valence-electron chi connectivity index (χ1n) is 3.83. The summed E-state index contributed by atoms with van der Waals surface area (Å²) in [7, 11) is -3.25. The first kappa shape index (κ1) is 9.85. The second-order valence-electron chi connectivity index (χ2n) is 2.56. The van der Waals surface area contributed by atoms with Crippen molar-refractivity contribution in [2.24, 2.45) is 0 Å². The molecule has 5 heteroatoms. The molecular weight excluding hydrogens is 190 g/mol. The highest BCUT2D eigenvalue weighted by molar-refractivity contribution is 7.92. The molecule has 0 radical (unpaired) electrons. The van der Waals surface area contributed by atoms with Crippen molar-refractivity contribution in [1.29, 1.82) is 0 Å². The largest absolute Gasteiger partial charge is 0.508 e. The van der Waals surface area contributed by atoms with Gasteiger partial charge in [0.1, 0.15) is 5.75 Å². The molecule has 1 aromatic rings. The van der Waals surface area contributed by atoms with E-state index in [9.17, 15) is 8.42 Å². The molecule has 4 nitrogen and oxygen atoms in total. The van der Waals surface area contributed by atoms with Gasteiger partial charge in [-0.1, -0.05) is 6.07 Å². The standard InChI is InChI=1S/C8H11NO3S/c1-2-13(11,12)9-7-4-3-5-8(10)6-7/h3-6,9-10H,2H2,1H3. The number of phenols is 1. The molecule has 0 atom stereocenters. The minimum Gasteiger partial charge on any atom is -0.508 e. The van der Waals surface area contributed by atoms with Gasteiger partial charge in [0.25, 0.3) is 0 Å². The third-order valence-electron chi connectivity index (χ3n) is 1.50. The van der Waals surface area contributed by atoms with Crippen LogP contribution in [0.25, 0.3) is 0 Å². The Labute approximate surface area is 77.3 Å². The highest BCUT2D eigenvalue weighted by Crippen LogP contribution is 2.16. The molecule has 0 saturated carbocycles. The van der Waals surface area contributed by atoms with Crippen molar-refractivity contribution in [3.05, 3.63) is 24.3 Å². The third-order valence-corrected chi connectivity index (χ3v) is 2.81. The lowest BCUT2D eigenvalue weighted by molar-refractivity contribution is 0.475.